The molecule has 1 amide bonds. The Balaban J connectivity index is 1.67. The summed E-state index contributed by atoms with van der Waals surface area (Å²) < 4.78 is 0. The van der Waals surface area contributed by atoms with Crippen LogP contribution in [0.2, 0.25) is 0 Å². The van der Waals surface area contributed by atoms with Gasteiger partial charge in [-0.1, -0.05) is 55.5 Å². The number of nitrogens with zero attached hydrogens (tertiary/aromatic N) is 2. The summed E-state index contributed by atoms with van der Waals surface area (Å²) in [5.41, 5.74) is 4.40. The highest BCUT2D eigenvalue weighted by atomic mass is 16.2. The summed E-state index contributed by atoms with van der Waals surface area (Å²) in [5, 5.41) is 7.18. The molecule has 0 spiro atoms. The molecular formula is C23H23N3O2. The Morgan fingerprint density at radius 2 is 1.96 bits per heavy atom. The van der Waals surface area contributed by atoms with E-state index in [9.17, 15) is 9.59 Å². The minimum Gasteiger partial charge on any atom is -0.321 e. The van der Waals surface area contributed by atoms with E-state index in [2.05, 4.69) is 10.1 Å². The van der Waals surface area contributed by atoms with E-state index in [0.717, 1.165) is 27.7 Å². The summed E-state index contributed by atoms with van der Waals surface area (Å²) in [5.74, 6) is -0.0241. The zero-order valence-electron chi connectivity index (χ0n) is 16.1. The highest BCUT2D eigenvalue weighted by molar-refractivity contribution is 6.03. The van der Waals surface area contributed by atoms with Gasteiger partial charge in [0.2, 0.25) is 5.91 Å². The van der Waals surface area contributed by atoms with E-state index in [0.29, 0.717) is 24.8 Å². The van der Waals surface area contributed by atoms with Crippen molar-refractivity contribution in [3.8, 4) is 0 Å². The van der Waals surface area contributed by atoms with Crippen molar-refractivity contribution in [2.75, 3.05) is 0 Å². The zero-order chi connectivity index (χ0) is 19.7. The number of aromatic nitrogens is 1. The van der Waals surface area contributed by atoms with E-state index in [-0.39, 0.29) is 17.5 Å². The Morgan fingerprint density at radius 1 is 1.18 bits per heavy atom. The van der Waals surface area contributed by atoms with Crippen LogP contribution in [0.1, 0.15) is 36.5 Å². The maximum Gasteiger partial charge on any atom is 0.251 e. The number of carbonyl (C=O) groups excluding carboxylic acids is 1. The molecule has 4 rings (SSSR count). The number of amides is 1. The molecule has 1 aliphatic rings. The molecule has 0 aliphatic carbocycles. The Labute approximate surface area is 163 Å². The first kappa shape index (κ1) is 18.2. The van der Waals surface area contributed by atoms with Crippen LogP contribution in [-0.2, 0) is 11.2 Å². The molecule has 2 aromatic carbocycles. The van der Waals surface area contributed by atoms with Gasteiger partial charge in [-0.15, -0.1) is 0 Å². The second-order valence-electron chi connectivity index (χ2n) is 7.23. The third-order valence-corrected chi connectivity index (χ3v) is 5.29. The van der Waals surface area contributed by atoms with E-state index < -0.39 is 0 Å². The SMILES string of the molecule is CCC(=O)N1N=C(c2ccccc2)CC1Cc1cc2cccc(C)c2[nH]c1=O. The van der Waals surface area contributed by atoms with Gasteiger partial charge in [-0.2, -0.15) is 5.10 Å². The molecule has 5 nitrogen and oxygen atoms in total. The molecule has 0 bridgehead atoms. The van der Waals surface area contributed by atoms with Gasteiger partial charge < -0.3 is 4.98 Å². The van der Waals surface area contributed by atoms with Crippen molar-refractivity contribution < 1.29 is 4.79 Å². The summed E-state index contributed by atoms with van der Waals surface area (Å²) in [4.78, 5) is 28.1. The second-order valence-corrected chi connectivity index (χ2v) is 7.23. The van der Waals surface area contributed by atoms with Crippen LogP contribution in [0, 0.1) is 6.92 Å². The topological polar surface area (TPSA) is 65.5 Å². The number of hydrazone groups is 1. The van der Waals surface area contributed by atoms with Crippen molar-refractivity contribution in [3.05, 3.63) is 81.6 Å². The predicted molar refractivity (Wildman–Crippen MR) is 112 cm³/mol. The average molecular weight is 373 g/mol. The number of pyridine rings is 1. The lowest BCUT2D eigenvalue weighted by Crippen LogP contribution is -2.35. The van der Waals surface area contributed by atoms with Crippen LogP contribution in [0.3, 0.4) is 0 Å². The minimum atomic E-state index is -0.147. The standard InChI is InChI=1S/C23H23N3O2/c1-3-21(27)26-19(14-20(25-26)16-9-5-4-6-10-16)13-18-12-17-11-7-8-15(2)22(17)24-23(18)28/h4-12,19H,3,13-14H2,1-2H3,(H,24,28). The number of aromatic amines is 1. The molecule has 0 saturated carbocycles. The summed E-state index contributed by atoms with van der Waals surface area (Å²) in [6, 6.07) is 17.7. The minimum absolute atomic E-state index is 0.0241. The number of hydrogen-bond donors (Lipinski definition) is 1. The largest absolute Gasteiger partial charge is 0.321 e. The molecule has 1 atom stereocenters. The summed E-state index contributed by atoms with van der Waals surface area (Å²) in [7, 11) is 0. The Morgan fingerprint density at radius 3 is 2.71 bits per heavy atom. The van der Waals surface area contributed by atoms with Gasteiger partial charge >= 0.3 is 0 Å². The Bertz CT molecular complexity index is 1120. The molecule has 1 aliphatic heterocycles. The van der Waals surface area contributed by atoms with E-state index in [4.69, 9.17) is 0 Å². The molecule has 0 fully saturated rings. The molecule has 1 unspecified atom stereocenters. The normalized spacial score (nSPS) is 16.4. The maximum atomic E-state index is 12.7. The summed E-state index contributed by atoms with van der Waals surface area (Å²) in [6.07, 6.45) is 1.50. The van der Waals surface area contributed by atoms with Crippen molar-refractivity contribution >= 4 is 22.5 Å². The second kappa shape index (κ2) is 7.43. The maximum absolute atomic E-state index is 12.7. The molecule has 5 heteroatoms. The van der Waals surface area contributed by atoms with Crippen LogP contribution in [0.15, 0.2) is 64.5 Å². The number of para-hydroxylation sites is 1. The smallest absolute Gasteiger partial charge is 0.251 e. The fourth-order valence-corrected chi connectivity index (χ4v) is 3.78. The Kier molecular flexibility index (Phi) is 4.82. The lowest BCUT2D eigenvalue weighted by Gasteiger charge is -2.21. The van der Waals surface area contributed by atoms with Gasteiger partial charge in [0.05, 0.1) is 17.3 Å². The lowest BCUT2D eigenvalue weighted by molar-refractivity contribution is -0.132. The molecule has 0 saturated heterocycles. The Hall–Kier alpha value is -3.21. The van der Waals surface area contributed by atoms with Gasteiger partial charge in [0.15, 0.2) is 0 Å². The fourth-order valence-electron chi connectivity index (χ4n) is 3.78. The quantitative estimate of drug-likeness (QED) is 0.756. The molecule has 2 heterocycles. The first-order valence-corrected chi connectivity index (χ1v) is 9.63. The molecule has 1 aromatic heterocycles. The summed E-state index contributed by atoms with van der Waals surface area (Å²) in [6.45, 7) is 3.82. The molecule has 1 N–H and O–H groups in total. The molecule has 0 radical (unpaired) electrons. The van der Waals surface area contributed by atoms with Crippen molar-refractivity contribution in [1.29, 1.82) is 0 Å². The molecule has 142 valence electrons. The highest BCUT2D eigenvalue weighted by Gasteiger charge is 2.31. The van der Waals surface area contributed by atoms with Crippen LogP contribution < -0.4 is 5.56 Å². The third kappa shape index (κ3) is 3.36. The van der Waals surface area contributed by atoms with Crippen molar-refractivity contribution in [1.82, 2.24) is 9.99 Å². The average Bonchev–Trinajstić information content (AvgIpc) is 3.13. The number of fused-ring (bicyclic) bond motifs is 1. The van der Waals surface area contributed by atoms with Gasteiger partial charge in [-0.3, -0.25) is 9.59 Å². The number of rotatable bonds is 4. The monoisotopic (exact) mass is 373 g/mol. The van der Waals surface area contributed by atoms with Crippen molar-refractivity contribution in [3.63, 3.8) is 0 Å². The number of nitrogens with one attached hydrogen (secondary N) is 1. The van der Waals surface area contributed by atoms with E-state index in [1.807, 2.05) is 68.4 Å². The summed E-state index contributed by atoms with van der Waals surface area (Å²) >= 11 is 0. The van der Waals surface area contributed by atoms with E-state index in [1.165, 1.54) is 0 Å². The fraction of sp³-hybridized carbons (Fsp3) is 0.261. The molecule has 3 aromatic rings. The van der Waals surface area contributed by atoms with E-state index in [1.54, 1.807) is 5.01 Å². The van der Waals surface area contributed by atoms with E-state index >= 15 is 0 Å². The zero-order valence-corrected chi connectivity index (χ0v) is 16.1. The van der Waals surface area contributed by atoms with Gasteiger partial charge in [-0.25, -0.2) is 5.01 Å². The third-order valence-electron chi connectivity index (χ3n) is 5.29. The molecule has 28 heavy (non-hydrogen) atoms. The van der Waals surface area contributed by atoms with Crippen LogP contribution in [0.5, 0.6) is 0 Å². The first-order valence-electron chi connectivity index (χ1n) is 9.63. The van der Waals surface area contributed by atoms with Crippen LogP contribution in [-0.4, -0.2) is 27.7 Å². The van der Waals surface area contributed by atoms with Crippen molar-refractivity contribution in [2.45, 2.75) is 39.2 Å². The van der Waals surface area contributed by atoms with Crippen molar-refractivity contribution in [2.24, 2.45) is 5.10 Å². The van der Waals surface area contributed by atoms with Crippen LogP contribution in [0.25, 0.3) is 10.9 Å². The van der Waals surface area contributed by atoms with Gasteiger partial charge in [0.25, 0.3) is 5.56 Å². The van der Waals surface area contributed by atoms with Crippen LogP contribution >= 0.6 is 0 Å². The number of hydrogen-bond acceptors (Lipinski definition) is 3. The van der Waals surface area contributed by atoms with Gasteiger partial charge in [0, 0.05) is 24.8 Å². The first-order chi connectivity index (χ1) is 13.6. The highest BCUT2D eigenvalue weighted by Crippen LogP contribution is 2.24. The number of benzene rings is 2. The number of aryl methyl sites for hydroxylation is 1. The van der Waals surface area contributed by atoms with Gasteiger partial charge in [-0.05, 0) is 29.5 Å². The lowest BCUT2D eigenvalue weighted by atomic mass is 9.98. The van der Waals surface area contributed by atoms with Crippen LogP contribution in [0.4, 0.5) is 0 Å². The predicted octanol–water partition coefficient (Wildman–Crippen LogP) is 3.79. The number of H-pyrrole nitrogens is 1. The number of carbonyl (C=O) groups is 1. The van der Waals surface area contributed by atoms with Gasteiger partial charge in [0.1, 0.15) is 0 Å². The molecular weight excluding hydrogens is 350 g/mol.